The molecule has 1 aliphatic rings. The van der Waals surface area contributed by atoms with Crippen LogP contribution in [0, 0.1) is 6.92 Å². The highest BCUT2D eigenvalue weighted by Gasteiger charge is 2.16. The van der Waals surface area contributed by atoms with E-state index in [2.05, 4.69) is 25.5 Å². The Hall–Kier alpha value is -3.55. The first-order chi connectivity index (χ1) is 13.1. The highest BCUT2D eigenvalue weighted by atomic mass is 16.5. The maximum Gasteiger partial charge on any atom is 0.319 e. The second-order valence-corrected chi connectivity index (χ2v) is 6.23. The lowest BCUT2D eigenvalue weighted by Crippen LogP contribution is -2.31. The lowest BCUT2D eigenvalue weighted by Gasteiger charge is -2.18. The number of hydrogen-bond acceptors (Lipinski definition) is 4. The van der Waals surface area contributed by atoms with Gasteiger partial charge >= 0.3 is 6.03 Å². The molecule has 138 valence electrons. The van der Waals surface area contributed by atoms with Crippen molar-refractivity contribution in [3.05, 3.63) is 48.3 Å². The van der Waals surface area contributed by atoms with Crippen LogP contribution in [0.25, 0.3) is 11.0 Å². The number of para-hydroxylation sites is 2. The minimum Gasteiger partial charge on any atom is -0.482 e. The summed E-state index contributed by atoms with van der Waals surface area (Å²) in [4.78, 5) is 28.0. The van der Waals surface area contributed by atoms with Gasteiger partial charge in [-0.05, 0) is 31.2 Å². The summed E-state index contributed by atoms with van der Waals surface area (Å²) in [5.41, 5.74) is 3.18. The molecule has 1 aromatic heterocycles. The lowest BCUT2D eigenvalue weighted by molar-refractivity contribution is -0.118. The third kappa shape index (κ3) is 3.55. The summed E-state index contributed by atoms with van der Waals surface area (Å²) in [6.45, 7) is 3.01. The van der Waals surface area contributed by atoms with Crippen LogP contribution in [0.4, 0.5) is 16.2 Å². The summed E-state index contributed by atoms with van der Waals surface area (Å²) in [6, 6.07) is 12.7. The van der Waals surface area contributed by atoms with E-state index in [-0.39, 0.29) is 18.5 Å². The maximum atomic E-state index is 12.2. The number of nitrogens with one attached hydrogen (secondary N) is 3. The van der Waals surface area contributed by atoms with Gasteiger partial charge in [-0.15, -0.1) is 0 Å². The minimum atomic E-state index is -0.308. The van der Waals surface area contributed by atoms with Crippen LogP contribution in [0.5, 0.6) is 5.75 Å². The molecule has 0 saturated heterocycles. The van der Waals surface area contributed by atoms with E-state index in [1.807, 2.05) is 31.2 Å². The van der Waals surface area contributed by atoms with E-state index in [0.29, 0.717) is 30.2 Å². The largest absolute Gasteiger partial charge is 0.482 e. The van der Waals surface area contributed by atoms with E-state index < -0.39 is 0 Å². The van der Waals surface area contributed by atoms with Crippen LogP contribution < -0.4 is 20.7 Å². The standard InChI is InChI=1S/C19H19N5O3/c1-12-21-14-4-2-3-5-16(14)24(12)9-8-20-19(26)22-13-6-7-15-17(10-13)27-11-18(25)23-15/h2-7,10H,8-9,11H2,1H3,(H,23,25)(H2,20,22,26). The fourth-order valence-electron chi connectivity index (χ4n) is 3.09. The molecule has 0 spiro atoms. The predicted molar refractivity (Wildman–Crippen MR) is 102 cm³/mol. The van der Waals surface area contributed by atoms with Gasteiger partial charge in [0.25, 0.3) is 5.91 Å². The van der Waals surface area contributed by atoms with Crippen molar-refractivity contribution in [2.24, 2.45) is 0 Å². The summed E-state index contributed by atoms with van der Waals surface area (Å²) in [6.07, 6.45) is 0. The van der Waals surface area contributed by atoms with Crippen molar-refractivity contribution in [3.63, 3.8) is 0 Å². The second kappa shape index (κ2) is 6.99. The Morgan fingerprint density at radius 1 is 1.30 bits per heavy atom. The molecule has 27 heavy (non-hydrogen) atoms. The summed E-state index contributed by atoms with van der Waals surface area (Å²) in [5.74, 6) is 1.25. The smallest absolute Gasteiger partial charge is 0.319 e. The van der Waals surface area contributed by atoms with E-state index in [9.17, 15) is 9.59 Å². The molecule has 8 heteroatoms. The first-order valence-electron chi connectivity index (χ1n) is 8.63. The van der Waals surface area contributed by atoms with Crippen molar-refractivity contribution in [3.8, 4) is 5.75 Å². The third-order valence-electron chi connectivity index (χ3n) is 4.34. The van der Waals surface area contributed by atoms with E-state index in [1.54, 1.807) is 18.2 Å². The quantitative estimate of drug-likeness (QED) is 0.662. The molecule has 4 rings (SSSR count). The number of benzene rings is 2. The van der Waals surface area contributed by atoms with Crippen molar-refractivity contribution >= 4 is 34.3 Å². The molecule has 0 unspecified atom stereocenters. The van der Waals surface area contributed by atoms with Crippen LogP contribution in [-0.4, -0.2) is 34.6 Å². The number of amides is 3. The summed E-state index contributed by atoms with van der Waals surface area (Å²) in [7, 11) is 0. The zero-order valence-corrected chi connectivity index (χ0v) is 14.8. The van der Waals surface area contributed by atoms with Gasteiger partial charge in [0.05, 0.1) is 16.7 Å². The van der Waals surface area contributed by atoms with Gasteiger partial charge in [0.15, 0.2) is 6.61 Å². The number of imidazole rings is 1. The number of ether oxygens (including phenoxy) is 1. The van der Waals surface area contributed by atoms with Crippen molar-refractivity contribution in [2.45, 2.75) is 13.5 Å². The van der Waals surface area contributed by atoms with E-state index in [0.717, 1.165) is 16.9 Å². The molecular weight excluding hydrogens is 346 g/mol. The van der Waals surface area contributed by atoms with Crippen LogP contribution in [0.2, 0.25) is 0 Å². The van der Waals surface area contributed by atoms with Crippen molar-refractivity contribution in [1.29, 1.82) is 0 Å². The predicted octanol–water partition coefficient (Wildman–Crippen LogP) is 2.50. The number of hydrogen-bond donors (Lipinski definition) is 3. The minimum absolute atomic E-state index is 0.0269. The van der Waals surface area contributed by atoms with Gasteiger partial charge in [-0.2, -0.15) is 0 Å². The Morgan fingerprint density at radius 2 is 2.15 bits per heavy atom. The molecule has 0 aliphatic carbocycles. The van der Waals surface area contributed by atoms with Crippen LogP contribution in [0.15, 0.2) is 42.5 Å². The van der Waals surface area contributed by atoms with Crippen LogP contribution in [0.1, 0.15) is 5.82 Å². The number of carbonyl (C=O) groups is 2. The monoisotopic (exact) mass is 365 g/mol. The second-order valence-electron chi connectivity index (χ2n) is 6.23. The number of aromatic nitrogens is 2. The molecule has 8 nitrogen and oxygen atoms in total. The zero-order valence-electron chi connectivity index (χ0n) is 14.8. The molecule has 0 saturated carbocycles. The molecular formula is C19H19N5O3. The van der Waals surface area contributed by atoms with Gasteiger partial charge in [-0.3, -0.25) is 4.79 Å². The molecule has 3 amide bonds. The third-order valence-corrected chi connectivity index (χ3v) is 4.34. The molecule has 1 aliphatic heterocycles. The number of rotatable bonds is 4. The number of urea groups is 1. The Balaban J connectivity index is 1.35. The highest BCUT2D eigenvalue weighted by molar-refractivity contribution is 5.96. The molecule has 0 atom stereocenters. The molecule has 0 fully saturated rings. The Bertz CT molecular complexity index is 1030. The zero-order chi connectivity index (χ0) is 18.8. The van der Waals surface area contributed by atoms with Gasteiger partial charge in [0.1, 0.15) is 11.6 Å². The summed E-state index contributed by atoms with van der Waals surface area (Å²) in [5, 5.41) is 8.32. The summed E-state index contributed by atoms with van der Waals surface area (Å²) >= 11 is 0. The molecule has 3 N–H and O–H groups in total. The number of fused-ring (bicyclic) bond motifs is 2. The first-order valence-corrected chi connectivity index (χ1v) is 8.63. The number of aryl methyl sites for hydroxylation is 1. The molecule has 0 radical (unpaired) electrons. The van der Waals surface area contributed by atoms with Gasteiger partial charge in [0.2, 0.25) is 0 Å². The van der Waals surface area contributed by atoms with Crippen LogP contribution in [0.3, 0.4) is 0 Å². The average Bonchev–Trinajstić information content (AvgIpc) is 2.97. The Kier molecular flexibility index (Phi) is 4.37. The average molecular weight is 365 g/mol. The first kappa shape index (κ1) is 16.9. The van der Waals surface area contributed by atoms with Gasteiger partial charge in [0, 0.05) is 24.8 Å². The van der Waals surface area contributed by atoms with Gasteiger partial charge in [-0.25, -0.2) is 9.78 Å². The maximum absolute atomic E-state index is 12.2. The van der Waals surface area contributed by atoms with Crippen molar-refractivity contribution in [2.75, 3.05) is 23.8 Å². The number of nitrogens with zero attached hydrogens (tertiary/aromatic N) is 2. The Morgan fingerprint density at radius 3 is 3.04 bits per heavy atom. The SMILES string of the molecule is Cc1nc2ccccc2n1CCNC(=O)Nc1ccc2c(c1)OCC(=O)N2. The highest BCUT2D eigenvalue weighted by Crippen LogP contribution is 2.30. The van der Waals surface area contributed by atoms with E-state index in [1.165, 1.54) is 0 Å². The fourth-order valence-corrected chi connectivity index (χ4v) is 3.09. The van der Waals surface area contributed by atoms with Crippen LogP contribution >= 0.6 is 0 Å². The fraction of sp³-hybridized carbons (Fsp3) is 0.211. The van der Waals surface area contributed by atoms with E-state index >= 15 is 0 Å². The van der Waals surface area contributed by atoms with Gasteiger partial charge < -0.3 is 25.3 Å². The van der Waals surface area contributed by atoms with Crippen molar-refractivity contribution < 1.29 is 14.3 Å². The molecule has 2 heterocycles. The van der Waals surface area contributed by atoms with Gasteiger partial charge in [-0.1, -0.05) is 12.1 Å². The number of anilines is 2. The normalized spacial score (nSPS) is 12.9. The number of carbonyl (C=O) groups excluding carboxylic acids is 2. The van der Waals surface area contributed by atoms with E-state index in [4.69, 9.17) is 4.74 Å². The summed E-state index contributed by atoms with van der Waals surface area (Å²) < 4.78 is 7.42. The molecule has 0 bridgehead atoms. The Labute approximate surface area is 155 Å². The lowest BCUT2D eigenvalue weighted by atomic mass is 10.2. The van der Waals surface area contributed by atoms with Crippen molar-refractivity contribution in [1.82, 2.24) is 14.9 Å². The molecule has 2 aromatic carbocycles. The molecule has 3 aromatic rings. The van der Waals surface area contributed by atoms with Crippen LogP contribution in [-0.2, 0) is 11.3 Å². The topological polar surface area (TPSA) is 97.3 Å².